The molecular formula is C17H21F2N3O2S. The van der Waals surface area contributed by atoms with Gasteiger partial charge in [-0.15, -0.1) is 11.3 Å². The van der Waals surface area contributed by atoms with Crippen LogP contribution in [-0.4, -0.2) is 26.7 Å². The Labute approximate surface area is 149 Å². The maximum Gasteiger partial charge on any atom is 0.387 e. The maximum atomic E-state index is 12.5. The number of ether oxygens (including phenoxy) is 2. The zero-order valence-corrected chi connectivity index (χ0v) is 15.1. The third-order valence-electron chi connectivity index (χ3n) is 3.38. The lowest BCUT2D eigenvalue weighted by molar-refractivity contribution is -0.0504. The van der Waals surface area contributed by atoms with Gasteiger partial charge in [0.1, 0.15) is 11.5 Å². The summed E-state index contributed by atoms with van der Waals surface area (Å²) in [6.45, 7) is 0.0693. The Hall–Kier alpha value is -2.35. The van der Waals surface area contributed by atoms with Crippen LogP contribution in [0.2, 0.25) is 0 Å². The van der Waals surface area contributed by atoms with E-state index in [9.17, 15) is 8.78 Å². The molecule has 0 aliphatic rings. The van der Waals surface area contributed by atoms with Gasteiger partial charge in [-0.2, -0.15) is 8.78 Å². The monoisotopic (exact) mass is 369 g/mol. The van der Waals surface area contributed by atoms with Crippen molar-refractivity contribution in [3.63, 3.8) is 0 Å². The third-order valence-corrected chi connectivity index (χ3v) is 4.38. The Morgan fingerprint density at radius 1 is 1.20 bits per heavy atom. The quantitative estimate of drug-likeness (QED) is 0.579. The van der Waals surface area contributed by atoms with Crippen LogP contribution in [0, 0.1) is 6.92 Å². The molecule has 0 amide bonds. The van der Waals surface area contributed by atoms with Crippen LogP contribution in [0.4, 0.5) is 8.78 Å². The molecular weight excluding hydrogens is 348 g/mol. The van der Waals surface area contributed by atoms with Crippen molar-refractivity contribution in [3.8, 4) is 11.5 Å². The number of rotatable bonds is 7. The Morgan fingerprint density at radius 2 is 1.96 bits per heavy atom. The molecule has 0 radical (unpaired) electrons. The number of methoxy groups -OCH3 is 1. The van der Waals surface area contributed by atoms with Gasteiger partial charge in [0.05, 0.1) is 13.7 Å². The number of halogens is 2. The predicted octanol–water partition coefficient (Wildman–Crippen LogP) is 3.53. The van der Waals surface area contributed by atoms with Crippen LogP contribution in [0.5, 0.6) is 11.5 Å². The molecule has 25 heavy (non-hydrogen) atoms. The van der Waals surface area contributed by atoms with Gasteiger partial charge in [-0.05, 0) is 37.3 Å². The second-order valence-electron chi connectivity index (χ2n) is 5.14. The molecule has 1 aromatic carbocycles. The molecule has 0 unspecified atom stereocenters. The van der Waals surface area contributed by atoms with Crippen molar-refractivity contribution in [2.75, 3.05) is 14.2 Å². The number of nitrogens with one attached hydrogen (secondary N) is 2. The van der Waals surface area contributed by atoms with Crippen molar-refractivity contribution in [1.29, 1.82) is 0 Å². The van der Waals surface area contributed by atoms with Crippen LogP contribution >= 0.6 is 11.3 Å². The predicted molar refractivity (Wildman–Crippen MR) is 95.7 cm³/mol. The molecule has 0 spiro atoms. The Bertz CT molecular complexity index is 720. The molecule has 0 atom stereocenters. The van der Waals surface area contributed by atoms with E-state index < -0.39 is 6.61 Å². The number of guanidine groups is 1. The molecule has 5 nitrogen and oxygen atoms in total. The van der Waals surface area contributed by atoms with E-state index in [1.807, 2.05) is 0 Å². The Balaban J connectivity index is 1.99. The average molecular weight is 369 g/mol. The van der Waals surface area contributed by atoms with Crippen LogP contribution < -0.4 is 20.1 Å². The highest BCUT2D eigenvalue weighted by molar-refractivity contribution is 7.11. The highest BCUT2D eigenvalue weighted by atomic mass is 32.1. The summed E-state index contributed by atoms with van der Waals surface area (Å²) in [5.41, 5.74) is 0.551. The second kappa shape index (κ2) is 9.22. The minimum absolute atomic E-state index is 0.104. The van der Waals surface area contributed by atoms with E-state index in [1.165, 1.54) is 22.9 Å². The highest BCUT2D eigenvalue weighted by Gasteiger charge is 2.11. The molecule has 0 saturated carbocycles. The number of aliphatic imine (C=N–C) groups is 1. The Morgan fingerprint density at radius 3 is 2.56 bits per heavy atom. The fraction of sp³-hybridized carbons (Fsp3) is 0.353. The van der Waals surface area contributed by atoms with E-state index in [-0.39, 0.29) is 12.3 Å². The average Bonchev–Trinajstić information content (AvgIpc) is 3.01. The van der Waals surface area contributed by atoms with E-state index in [4.69, 9.17) is 4.74 Å². The summed E-state index contributed by atoms with van der Waals surface area (Å²) >= 11 is 1.70. The fourth-order valence-corrected chi connectivity index (χ4v) is 3.01. The SMILES string of the molecule is CN=C(NCc1ccc(C)s1)NCc1cc(OC)ccc1OC(F)F. The first-order valence-corrected chi connectivity index (χ1v) is 8.45. The van der Waals surface area contributed by atoms with Gasteiger partial charge in [0.15, 0.2) is 5.96 Å². The summed E-state index contributed by atoms with van der Waals surface area (Å²) in [5, 5.41) is 6.28. The normalized spacial score (nSPS) is 11.5. The Kier molecular flexibility index (Phi) is 7.00. The number of aryl methyl sites for hydroxylation is 1. The summed E-state index contributed by atoms with van der Waals surface area (Å²) in [6.07, 6.45) is 0. The topological polar surface area (TPSA) is 54.9 Å². The standard InChI is InChI=1S/C17H21F2N3O2S/c1-11-4-6-14(25-11)10-22-17(20-2)21-9-12-8-13(23-3)5-7-15(12)24-16(18)19/h4-8,16H,9-10H2,1-3H3,(H2,20,21,22). The van der Waals surface area contributed by atoms with Crippen molar-refractivity contribution < 1.29 is 18.3 Å². The molecule has 2 aromatic rings. The molecule has 0 saturated heterocycles. The molecule has 1 heterocycles. The van der Waals surface area contributed by atoms with Gasteiger partial charge in [0.2, 0.25) is 0 Å². The van der Waals surface area contributed by atoms with Crippen LogP contribution in [-0.2, 0) is 13.1 Å². The first-order valence-electron chi connectivity index (χ1n) is 7.63. The minimum Gasteiger partial charge on any atom is -0.497 e. The molecule has 2 rings (SSSR count). The zero-order valence-electron chi connectivity index (χ0n) is 14.3. The molecule has 0 fully saturated rings. The smallest absolute Gasteiger partial charge is 0.387 e. The lowest BCUT2D eigenvalue weighted by Crippen LogP contribution is -2.36. The van der Waals surface area contributed by atoms with Crippen molar-refractivity contribution in [1.82, 2.24) is 10.6 Å². The number of thiophene rings is 1. The molecule has 1 aromatic heterocycles. The van der Waals surface area contributed by atoms with Gasteiger partial charge in [-0.3, -0.25) is 4.99 Å². The first-order chi connectivity index (χ1) is 12.0. The number of nitrogens with zero attached hydrogens (tertiary/aromatic N) is 1. The summed E-state index contributed by atoms with van der Waals surface area (Å²) in [4.78, 5) is 6.56. The van der Waals surface area contributed by atoms with E-state index >= 15 is 0 Å². The molecule has 0 aliphatic heterocycles. The molecule has 0 aliphatic carbocycles. The lowest BCUT2D eigenvalue weighted by Gasteiger charge is -2.15. The van der Waals surface area contributed by atoms with Crippen LogP contribution in [0.1, 0.15) is 15.3 Å². The van der Waals surface area contributed by atoms with E-state index in [0.29, 0.717) is 23.8 Å². The van der Waals surface area contributed by atoms with E-state index in [0.717, 1.165) is 0 Å². The highest BCUT2D eigenvalue weighted by Crippen LogP contribution is 2.25. The van der Waals surface area contributed by atoms with Crippen molar-refractivity contribution >= 4 is 17.3 Å². The summed E-state index contributed by atoms with van der Waals surface area (Å²) in [7, 11) is 3.17. The molecule has 2 N–H and O–H groups in total. The van der Waals surface area contributed by atoms with Gasteiger partial charge in [-0.25, -0.2) is 0 Å². The number of alkyl halides is 2. The van der Waals surface area contributed by atoms with E-state index in [1.54, 1.807) is 30.5 Å². The molecule has 8 heteroatoms. The van der Waals surface area contributed by atoms with Gasteiger partial charge >= 0.3 is 6.61 Å². The van der Waals surface area contributed by atoms with Crippen LogP contribution in [0.25, 0.3) is 0 Å². The summed E-state index contributed by atoms with van der Waals surface area (Å²) < 4.78 is 34.8. The summed E-state index contributed by atoms with van der Waals surface area (Å²) in [5.74, 6) is 1.24. The second-order valence-corrected chi connectivity index (χ2v) is 6.52. The number of hydrogen-bond donors (Lipinski definition) is 2. The first kappa shape index (κ1) is 19.0. The van der Waals surface area contributed by atoms with Gasteiger partial charge < -0.3 is 20.1 Å². The van der Waals surface area contributed by atoms with Crippen LogP contribution in [0.15, 0.2) is 35.3 Å². The fourth-order valence-electron chi connectivity index (χ4n) is 2.18. The number of hydrogen-bond acceptors (Lipinski definition) is 4. The van der Waals surface area contributed by atoms with Crippen molar-refractivity contribution in [2.24, 2.45) is 4.99 Å². The van der Waals surface area contributed by atoms with Crippen LogP contribution in [0.3, 0.4) is 0 Å². The summed E-state index contributed by atoms with van der Waals surface area (Å²) in [6, 6.07) is 8.81. The van der Waals surface area contributed by atoms with Gasteiger partial charge in [-0.1, -0.05) is 0 Å². The zero-order chi connectivity index (χ0) is 18.2. The lowest BCUT2D eigenvalue weighted by atomic mass is 10.2. The minimum atomic E-state index is -2.88. The van der Waals surface area contributed by atoms with Gasteiger partial charge in [0.25, 0.3) is 0 Å². The molecule has 136 valence electrons. The largest absolute Gasteiger partial charge is 0.497 e. The van der Waals surface area contributed by atoms with Gasteiger partial charge in [0, 0.05) is 28.9 Å². The van der Waals surface area contributed by atoms with E-state index in [2.05, 4.69) is 39.4 Å². The molecule has 0 bridgehead atoms. The third kappa shape index (κ3) is 5.90. The number of benzene rings is 1. The van der Waals surface area contributed by atoms with Crippen molar-refractivity contribution in [2.45, 2.75) is 26.6 Å². The maximum absolute atomic E-state index is 12.5. The van der Waals surface area contributed by atoms with Crippen molar-refractivity contribution in [3.05, 3.63) is 45.6 Å².